The van der Waals surface area contributed by atoms with Crippen molar-refractivity contribution < 1.29 is 4.79 Å². The van der Waals surface area contributed by atoms with Gasteiger partial charge in [0.05, 0.1) is 5.56 Å². The van der Waals surface area contributed by atoms with E-state index in [1.807, 2.05) is 21.7 Å². The second-order valence-electron chi connectivity index (χ2n) is 4.10. The molecule has 0 spiro atoms. The molecular formula is C12H18N2OS. The number of amides is 1. The van der Waals surface area contributed by atoms with Crippen molar-refractivity contribution in [2.45, 2.75) is 25.8 Å². The maximum absolute atomic E-state index is 12.2. The highest BCUT2D eigenvalue weighted by molar-refractivity contribution is 7.08. The van der Waals surface area contributed by atoms with Crippen molar-refractivity contribution in [3.05, 3.63) is 22.4 Å². The van der Waals surface area contributed by atoms with Gasteiger partial charge in [-0.25, -0.2) is 0 Å². The normalized spacial score (nSPS) is 20.7. The number of piperidine rings is 1. The highest BCUT2D eigenvalue weighted by Gasteiger charge is 2.24. The number of hydrogen-bond acceptors (Lipinski definition) is 3. The Morgan fingerprint density at radius 2 is 2.56 bits per heavy atom. The Morgan fingerprint density at radius 1 is 1.69 bits per heavy atom. The van der Waals surface area contributed by atoms with E-state index in [0.29, 0.717) is 6.04 Å². The molecule has 0 aromatic carbocycles. The van der Waals surface area contributed by atoms with Crippen molar-refractivity contribution in [2.24, 2.45) is 0 Å². The van der Waals surface area contributed by atoms with Gasteiger partial charge in [-0.1, -0.05) is 0 Å². The molecule has 1 aliphatic rings. The van der Waals surface area contributed by atoms with E-state index in [4.69, 9.17) is 0 Å². The molecule has 2 heterocycles. The molecule has 2 rings (SSSR count). The SMILES string of the molecule is CCN(C(=O)c1ccsc1)C1CCCNC1. The smallest absolute Gasteiger partial charge is 0.254 e. The van der Waals surface area contributed by atoms with E-state index >= 15 is 0 Å². The average Bonchev–Trinajstić information content (AvgIpc) is 2.85. The number of likely N-dealkylation sites (N-methyl/N-ethyl adjacent to an activating group) is 1. The average molecular weight is 238 g/mol. The first-order valence-corrected chi connectivity index (χ1v) is 6.81. The highest BCUT2D eigenvalue weighted by atomic mass is 32.1. The summed E-state index contributed by atoms with van der Waals surface area (Å²) in [4.78, 5) is 14.2. The quantitative estimate of drug-likeness (QED) is 0.873. The highest BCUT2D eigenvalue weighted by Crippen LogP contribution is 2.15. The molecular weight excluding hydrogens is 220 g/mol. The maximum Gasteiger partial charge on any atom is 0.254 e. The third kappa shape index (κ3) is 2.44. The van der Waals surface area contributed by atoms with E-state index in [0.717, 1.165) is 38.0 Å². The van der Waals surface area contributed by atoms with Crippen molar-refractivity contribution >= 4 is 17.2 Å². The van der Waals surface area contributed by atoms with E-state index in [-0.39, 0.29) is 5.91 Å². The van der Waals surface area contributed by atoms with Gasteiger partial charge in [0, 0.05) is 24.5 Å². The van der Waals surface area contributed by atoms with Crippen LogP contribution in [0.3, 0.4) is 0 Å². The topological polar surface area (TPSA) is 32.3 Å². The summed E-state index contributed by atoms with van der Waals surface area (Å²) in [6, 6.07) is 2.28. The second-order valence-corrected chi connectivity index (χ2v) is 4.88. The van der Waals surface area contributed by atoms with Gasteiger partial charge < -0.3 is 10.2 Å². The molecule has 3 nitrogen and oxygen atoms in total. The molecule has 1 unspecified atom stereocenters. The molecule has 1 aromatic heterocycles. The monoisotopic (exact) mass is 238 g/mol. The van der Waals surface area contributed by atoms with Gasteiger partial charge in [0.2, 0.25) is 0 Å². The van der Waals surface area contributed by atoms with E-state index in [1.54, 1.807) is 11.3 Å². The van der Waals surface area contributed by atoms with Crippen molar-refractivity contribution in [2.75, 3.05) is 19.6 Å². The van der Waals surface area contributed by atoms with Crippen LogP contribution in [0.5, 0.6) is 0 Å². The van der Waals surface area contributed by atoms with E-state index in [1.165, 1.54) is 0 Å². The van der Waals surface area contributed by atoms with Crippen LogP contribution in [-0.2, 0) is 0 Å². The minimum Gasteiger partial charge on any atom is -0.335 e. The van der Waals surface area contributed by atoms with Gasteiger partial charge in [-0.3, -0.25) is 4.79 Å². The summed E-state index contributed by atoms with van der Waals surface area (Å²) in [6.07, 6.45) is 2.29. The summed E-state index contributed by atoms with van der Waals surface area (Å²) in [5.74, 6) is 0.178. The Hall–Kier alpha value is -0.870. The molecule has 88 valence electrons. The van der Waals surface area contributed by atoms with Gasteiger partial charge in [-0.2, -0.15) is 11.3 Å². The van der Waals surface area contributed by atoms with E-state index in [9.17, 15) is 4.79 Å². The van der Waals surface area contributed by atoms with Gasteiger partial charge in [0.15, 0.2) is 0 Å². The Balaban J connectivity index is 2.06. The number of thiophene rings is 1. The van der Waals surface area contributed by atoms with Crippen molar-refractivity contribution in [1.82, 2.24) is 10.2 Å². The van der Waals surface area contributed by atoms with Crippen LogP contribution in [0.1, 0.15) is 30.1 Å². The van der Waals surface area contributed by atoms with Crippen LogP contribution in [0.4, 0.5) is 0 Å². The third-order valence-corrected chi connectivity index (χ3v) is 3.76. The summed E-state index contributed by atoms with van der Waals surface area (Å²) in [6.45, 7) is 4.87. The summed E-state index contributed by atoms with van der Waals surface area (Å²) in [7, 11) is 0. The van der Waals surface area contributed by atoms with Crippen molar-refractivity contribution in [1.29, 1.82) is 0 Å². The molecule has 0 bridgehead atoms. The summed E-state index contributed by atoms with van der Waals surface area (Å²) in [5, 5.41) is 7.25. The first-order chi connectivity index (χ1) is 7.83. The van der Waals surface area contributed by atoms with E-state index in [2.05, 4.69) is 12.2 Å². The molecule has 1 saturated heterocycles. The zero-order chi connectivity index (χ0) is 11.4. The number of hydrogen-bond donors (Lipinski definition) is 1. The zero-order valence-electron chi connectivity index (χ0n) is 9.61. The molecule has 16 heavy (non-hydrogen) atoms. The molecule has 0 aliphatic carbocycles. The standard InChI is InChI=1S/C12H18N2OS/c1-2-14(11-4-3-6-13-8-11)12(15)10-5-7-16-9-10/h5,7,9,11,13H,2-4,6,8H2,1H3. The summed E-state index contributed by atoms with van der Waals surface area (Å²) >= 11 is 1.58. The molecule has 1 atom stereocenters. The molecule has 0 radical (unpaired) electrons. The third-order valence-electron chi connectivity index (χ3n) is 3.08. The fraction of sp³-hybridized carbons (Fsp3) is 0.583. The van der Waals surface area contributed by atoms with Crippen molar-refractivity contribution in [3.63, 3.8) is 0 Å². The summed E-state index contributed by atoms with van der Waals surface area (Å²) < 4.78 is 0. The predicted octanol–water partition coefficient (Wildman–Crippen LogP) is 1.96. The molecule has 1 amide bonds. The molecule has 1 aromatic rings. The minimum atomic E-state index is 0.178. The molecule has 1 aliphatic heterocycles. The molecule has 0 saturated carbocycles. The predicted molar refractivity (Wildman–Crippen MR) is 66.9 cm³/mol. The lowest BCUT2D eigenvalue weighted by Crippen LogP contribution is -2.48. The van der Waals surface area contributed by atoms with Gasteiger partial charge in [0.1, 0.15) is 0 Å². The number of carbonyl (C=O) groups excluding carboxylic acids is 1. The first kappa shape index (κ1) is 11.6. The second kappa shape index (κ2) is 5.46. The van der Waals surface area contributed by atoms with Crippen LogP contribution < -0.4 is 5.32 Å². The molecule has 1 N–H and O–H groups in total. The maximum atomic E-state index is 12.2. The number of nitrogens with zero attached hydrogens (tertiary/aromatic N) is 1. The lowest BCUT2D eigenvalue weighted by molar-refractivity contribution is 0.0662. The molecule has 4 heteroatoms. The van der Waals surface area contributed by atoms with E-state index < -0.39 is 0 Å². The lowest BCUT2D eigenvalue weighted by Gasteiger charge is -2.33. The first-order valence-electron chi connectivity index (χ1n) is 5.86. The Bertz CT molecular complexity index is 331. The number of rotatable bonds is 3. The Morgan fingerprint density at radius 3 is 3.12 bits per heavy atom. The summed E-state index contributed by atoms with van der Waals surface area (Å²) in [5.41, 5.74) is 0.831. The zero-order valence-corrected chi connectivity index (χ0v) is 10.4. The van der Waals surface area contributed by atoms with Gasteiger partial charge in [-0.05, 0) is 37.8 Å². The molecule has 1 fully saturated rings. The van der Waals surface area contributed by atoms with Crippen LogP contribution >= 0.6 is 11.3 Å². The largest absolute Gasteiger partial charge is 0.335 e. The number of carbonyl (C=O) groups is 1. The minimum absolute atomic E-state index is 0.178. The Labute approximate surface area is 100 Å². The fourth-order valence-corrected chi connectivity index (χ4v) is 2.85. The van der Waals surface area contributed by atoms with Crippen LogP contribution in [0.15, 0.2) is 16.8 Å². The van der Waals surface area contributed by atoms with Crippen LogP contribution in [0.2, 0.25) is 0 Å². The van der Waals surface area contributed by atoms with Gasteiger partial charge in [-0.15, -0.1) is 0 Å². The van der Waals surface area contributed by atoms with Crippen LogP contribution in [0, 0.1) is 0 Å². The van der Waals surface area contributed by atoms with Gasteiger partial charge in [0.25, 0.3) is 5.91 Å². The van der Waals surface area contributed by atoms with Crippen LogP contribution in [-0.4, -0.2) is 36.5 Å². The lowest BCUT2D eigenvalue weighted by atomic mass is 10.1. The number of nitrogens with one attached hydrogen (secondary N) is 1. The van der Waals surface area contributed by atoms with Gasteiger partial charge >= 0.3 is 0 Å². The Kier molecular flexibility index (Phi) is 3.96. The fourth-order valence-electron chi connectivity index (χ4n) is 2.22. The van der Waals surface area contributed by atoms with Crippen molar-refractivity contribution in [3.8, 4) is 0 Å². The van der Waals surface area contributed by atoms with Crippen LogP contribution in [0.25, 0.3) is 0 Å².